The molecule has 1 amide bonds. The Kier molecular flexibility index (Phi) is 6.31. The Labute approximate surface area is 123 Å². The minimum absolute atomic E-state index is 0.154. The van der Waals surface area contributed by atoms with Crippen molar-refractivity contribution in [3.63, 3.8) is 0 Å². The van der Waals surface area contributed by atoms with Gasteiger partial charge >= 0.3 is 6.09 Å². The smallest absolute Gasteiger partial charge is 0.407 e. The molecule has 0 radical (unpaired) electrons. The van der Waals surface area contributed by atoms with Gasteiger partial charge in [0.1, 0.15) is 0 Å². The van der Waals surface area contributed by atoms with Gasteiger partial charge in [0, 0.05) is 11.6 Å². The van der Waals surface area contributed by atoms with Gasteiger partial charge in [-0.1, -0.05) is 26.7 Å². The Hall–Kier alpha value is -0.770. The van der Waals surface area contributed by atoms with Crippen LogP contribution >= 0.6 is 0 Å². The van der Waals surface area contributed by atoms with Crippen LogP contribution in [0.5, 0.6) is 0 Å². The molecule has 0 aromatic carbocycles. The molecule has 1 aliphatic carbocycles. The highest BCUT2D eigenvalue weighted by atomic mass is 16.4. The van der Waals surface area contributed by atoms with Gasteiger partial charge in [0.15, 0.2) is 0 Å². The first kappa shape index (κ1) is 17.3. The molecule has 0 heterocycles. The highest BCUT2D eigenvalue weighted by Gasteiger charge is 2.38. The number of carbonyl (C=O) groups is 1. The minimum atomic E-state index is -0.779. The largest absolute Gasteiger partial charge is 0.465 e. The SMILES string of the molecule is CC(C)CNC[C@@H]1CCCC[C@@H]1N(C(=O)O)C(C)(C)C. The van der Waals surface area contributed by atoms with E-state index >= 15 is 0 Å². The van der Waals surface area contributed by atoms with Crippen LogP contribution in [0.25, 0.3) is 0 Å². The van der Waals surface area contributed by atoms with Crippen molar-refractivity contribution < 1.29 is 9.90 Å². The number of amides is 1. The number of carboxylic acid groups (broad SMARTS) is 1. The number of hydrogen-bond donors (Lipinski definition) is 2. The van der Waals surface area contributed by atoms with Crippen LogP contribution < -0.4 is 5.32 Å². The monoisotopic (exact) mass is 284 g/mol. The first-order valence-electron chi connectivity index (χ1n) is 7.96. The summed E-state index contributed by atoms with van der Waals surface area (Å²) in [4.78, 5) is 13.4. The molecule has 1 rings (SSSR count). The van der Waals surface area contributed by atoms with Gasteiger partial charge in [0.25, 0.3) is 0 Å². The van der Waals surface area contributed by atoms with Crippen molar-refractivity contribution >= 4 is 6.09 Å². The fourth-order valence-electron chi connectivity index (χ4n) is 3.25. The van der Waals surface area contributed by atoms with Crippen molar-refractivity contribution in [2.75, 3.05) is 13.1 Å². The van der Waals surface area contributed by atoms with Gasteiger partial charge < -0.3 is 15.3 Å². The molecule has 1 aliphatic rings. The van der Waals surface area contributed by atoms with E-state index in [4.69, 9.17) is 0 Å². The molecule has 4 heteroatoms. The Bertz CT molecular complexity index is 310. The number of hydrogen-bond acceptors (Lipinski definition) is 2. The lowest BCUT2D eigenvalue weighted by molar-refractivity contribution is 0.0324. The van der Waals surface area contributed by atoms with Crippen LogP contribution in [0.3, 0.4) is 0 Å². The Morgan fingerprint density at radius 2 is 1.90 bits per heavy atom. The molecule has 0 saturated heterocycles. The van der Waals surface area contributed by atoms with E-state index in [1.54, 1.807) is 4.90 Å². The van der Waals surface area contributed by atoms with Crippen molar-refractivity contribution in [2.24, 2.45) is 11.8 Å². The molecule has 2 N–H and O–H groups in total. The lowest BCUT2D eigenvalue weighted by Gasteiger charge is -2.45. The number of nitrogens with one attached hydrogen (secondary N) is 1. The summed E-state index contributed by atoms with van der Waals surface area (Å²) in [6.45, 7) is 12.3. The average Bonchev–Trinajstić information content (AvgIpc) is 2.28. The highest BCUT2D eigenvalue weighted by molar-refractivity contribution is 5.66. The van der Waals surface area contributed by atoms with Gasteiger partial charge in [-0.05, 0) is 58.5 Å². The van der Waals surface area contributed by atoms with E-state index in [1.807, 2.05) is 20.8 Å². The van der Waals surface area contributed by atoms with Gasteiger partial charge in [0.05, 0.1) is 0 Å². The summed E-state index contributed by atoms with van der Waals surface area (Å²) in [6, 6.07) is 0.154. The van der Waals surface area contributed by atoms with Crippen molar-refractivity contribution in [3.05, 3.63) is 0 Å². The first-order valence-corrected chi connectivity index (χ1v) is 7.96. The van der Waals surface area contributed by atoms with Crippen LogP contribution in [0.1, 0.15) is 60.3 Å². The molecule has 118 valence electrons. The van der Waals surface area contributed by atoms with Crippen LogP contribution in [0.2, 0.25) is 0 Å². The fourth-order valence-corrected chi connectivity index (χ4v) is 3.25. The van der Waals surface area contributed by atoms with Crippen molar-refractivity contribution in [1.82, 2.24) is 10.2 Å². The zero-order valence-electron chi connectivity index (χ0n) is 13.8. The second-order valence-corrected chi connectivity index (χ2v) is 7.49. The highest BCUT2D eigenvalue weighted by Crippen LogP contribution is 2.32. The summed E-state index contributed by atoms with van der Waals surface area (Å²) in [5, 5.41) is 13.1. The van der Waals surface area contributed by atoms with Crippen LogP contribution in [0.4, 0.5) is 4.79 Å². The van der Waals surface area contributed by atoms with E-state index in [2.05, 4.69) is 19.2 Å². The molecule has 0 aromatic rings. The van der Waals surface area contributed by atoms with Crippen LogP contribution in [-0.2, 0) is 0 Å². The van der Waals surface area contributed by atoms with E-state index in [0.29, 0.717) is 11.8 Å². The van der Waals surface area contributed by atoms with E-state index in [1.165, 1.54) is 6.42 Å². The Morgan fingerprint density at radius 3 is 2.40 bits per heavy atom. The molecule has 0 unspecified atom stereocenters. The molecule has 1 saturated carbocycles. The van der Waals surface area contributed by atoms with Crippen LogP contribution in [-0.4, -0.2) is 40.8 Å². The topological polar surface area (TPSA) is 52.6 Å². The standard InChI is InChI=1S/C16H32N2O2/c1-12(2)10-17-11-13-8-6-7-9-14(13)18(15(19)20)16(3,4)5/h12-14,17H,6-11H2,1-5H3,(H,19,20)/t13-,14-/m0/s1. The van der Waals surface area contributed by atoms with Gasteiger partial charge in [0.2, 0.25) is 0 Å². The maximum absolute atomic E-state index is 11.7. The van der Waals surface area contributed by atoms with E-state index in [-0.39, 0.29) is 11.6 Å². The Balaban J connectivity index is 2.73. The lowest BCUT2D eigenvalue weighted by atomic mass is 9.81. The second-order valence-electron chi connectivity index (χ2n) is 7.49. The van der Waals surface area contributed by atoms with Gasteiger partial charge in [-0.3, -0.25) is 0 Å². The summed E-state index contributed by atoms with van der Waals surface area (Å²) in [7, 11) is 0. The molecule has 4 nitrogen and oxygen atoms in total. The number of nitrogens with zero attached hydrogens (tertiary/aromatic N) is 1. The summed E-state index contributed by atoms with van der Waals surface area (Å²) in [5.41, 5.74) is -0.329. The van der Waals surface area contributed by atoms with E-state index in [0.717, 1.165) is 32.4 Å². The quantitative estimate of drug-likeness (QED) is 0.811. The summed E-state index contributed by atoms with van der Waals surface area (Å²) in [5.74, 6) is 1.08. The molecular weight excluding hydrogens is 252 g/mol. The zero-order chi connectivity index (χ0) is 15.3. The van der Waals surface area contributed by atoms with Crippen LogP contribution in [0.15, 0.2) is 0 Å². The predicted molar refractivity (Wildman–Crippen MR) is 83.1 cm³/mol. The summed E-state index contributed by atoms with van der Waals surface area (Å²) < 4.78 is 0. The molecular formula is C16H32N2O2. The van der Waals surface area contributed by atoms with Crippen molar-refractivity contribution in [2.45, 2.75) is 71.9 Å². The van der Waals surface area contributed by atoms with Crippen LogP contribution in [0, 0.1) is 11.8 Å². The van der Waals surface area contributed by atoms with Crippen molar-refractivity contribution in [3.8, 4) is 0 Å². The molecule has 0 spiro atoms. The summed E-state index contributed by atoms with van der Waals surface area (Å²) in [6.07, 6.45) is 3.72. The maximum Gasteiger partial charge on any atom is 0.407 e. The molecule has 1 fully saturated rings. The first-order chi connectivity index (χ1) is 9.23. The third-order valence-corrected chi connectivity index (χ3v) is 4.09. The fraction of sp³-hybridized carbons (Fsp3) is 0.938. The molecule has 0 bridgehead atoms. The summed E-state index contributed by atoms with van der Waals surface area (Å²) >= 11 is 0. The lowest BCUT2D eigenvalue weighted by Crippen LogP contribution is -2.56. The van der Waals surface area contributed by atoms with Gasteiger partial charge in [-0.15, -0.1) is 0 Å². The Morgan fingerprint density at radius 1 is 1.30 bits per heavy atom. The third kappa shape index (κ3) is 4.97. The molecule has 2 atom stereocenters. The second kappa shape index (κ2) is 7.30. The van der Waals surface area contributed by atoms with Crippen molar-refractivity contribution in [1.29, 1.82) is 0 Å². The van der Waals surface area contributed by atoms with E-state index < -0.39 is 6.09 Å². The normalized spacial score (nSPS) is 23.9. The number of rotatable bonds is 5. The van der Waals surface area contributed by atoms with E-state index in [9.17, 15) is 9.90 Å². The average molecular weight is 284 g/mol. The molecule has 0 aliphatic heterocycles. The van der Waals surface area contributed by atoms with Gasteiger partial charge in [-0.25, -0.2) is 4.79 Å². The predicted octanol–water partition coefficient (Wildman–Crippen LogP) is 3.57. The molecule has 0 aromatic heterocycles. The van der Waals surface area contributed by atoms with Gasteiger partial charge in [-0.2, -0.15) is 0 Å². The maximum atomic E-state index is 11.7. The molecule has 20 heavy (non-hydrogen) atoms. The zero-order valence-corrected chi connectivity index (χ0v) is 13.8. The third-order valence-electron chi connectivity index (χ3n) is 4.09. The minimum Gasteiger partial charge on any atom is -0.465 e.